The largest absolute Gasteiger partial charge is 0.514 e. The van der Waals surface area contributed by atoms with Gasteiger partial charge in [0, 0.05) is 11.1 Å². The van der Waals surface area contributed by atoms with E-state index in [0.29, 0.717) is 5.82 Å². The van der Waals surface area contributed by atoms with Gasteiger partial charge in [0.05, 0.1) is 22.5 Å². The first-order valence-electron chi connectivity index (χ1n) is 9.21. The van der Waals surface area contributed by atoms with Crippen molar-refractivity contribution in [2.75, 3.05) is 0 Å². The number of benzene rings is 2. The smallest absolute Gasteiger partial charge is 0.398 e. The lowest BCUT2D eigenvalue weighted by Gasteiger charge is -2.32. The van der Waals surface area contributed by atoms with E-state index in [2.05, 4.69) is 0 Å². The predicted molar refractivity (Wildman–Crippen MR) is 109 cm³/mol. The standard InChI is InChI=1S/C22H23BN2O2/c1-21(2)22(3,4)27-23(26-21)19-15-18(16-11-7-5-8-12-16)24-20(25-19)17-13-9-6-10-14-17/h5-15H,1-4H3. The second kappa shape index (κ2) is 6.59. The van der Waals surface area contributed by atoms with Crippen molar-refractivity contribution in [1.29, 1.82) is 0 Å². The SMILES string of the molecule is CC1(C)OB(c2cc(-c3ccccc3)nc(-c3ccccc3)n2)OC1(C)C. The van der Waals surface area contributed by atoms with Crippen LogP contribution in [0.5, 0.6) is 0 Å². The Hall–Kier alpha value is -2.50. The maximum Gasteiger partial charge on any atom is 0.514 e. The Morgan fingerprint density at radius 1 is 0.704 bits per heavy atom. The molecule has 4 rings (SSSR count). The van der Waals surface area contributed by atoms with Crippen LogP contribution >= 0.6 is 0 Å². The van der Waals surface area contributed by atoms with Crippen LogP contribution in [0, 0.1) is 0 Å². The van der Waals surface area contributed by atoms with Crippen LogP contribution in [0.1, 0.15) is 27.7 Å². The lowest BCUT2D eigenvalue weighted by molar-refractivity contribution is 0.00578. The molecule has 1 aliphatic heterocycles. The van der Waals surface area contributed by atoms with Crippen LogP contribution < -0.4 is 5.59 Å². The monoisotopic (exact) mass is 358 g/mol. The fourth-order valence-corrected chi connectivity index (χ4v) is 3.02. The molecule has 4 nitrogen and oxygen atoms in total. The van der Waals surface area contributed by atoms with E-state index in [1.165, 1.54) is 0 Å². The van der Waals surface area contributed by atoms with E-state index >= 15 is 0 Å². The second-order valence-corrected chi connectivity index (χ2v) is 7.82. The Kier molecular flexibility index (Phi) is 4.37. The Bertz CT molecular complexity index is 869. The number of aromatic nitrogens is 2. The molecule has 136 valence electrons. The highest BCUT2D eigenvalue weighted by atomic mass is 16.7. The average molecular weight is 358 g/mol. The predicted octanol–water partition coefficient (Wildman–Crippen LogP) is 4.11. The van der Waals surface area contributed by atoms with E-state index < -0.39 is 18.3 Å². The summed E-state index contributed by atoms with van der Waals surface area (Å²) in [6.45, 7) is 8.18. The topological polar surface area (TPSA) is 44.2 Å². The number of hydrogen-bond donors (Lipinski definition) is 0. The molecule has 1 aromatic heterocycles. The van der Waals surface area contributed by atoms with E-state index in [4.69, 9.17) is 19.3 Å². The van der Waals surface area contributed by atoms with Gasteiger partial charge in [-0.3, -0.25) is 0 Å². The van der Waals surface area contributed by atoms with Gasteiger partial charge in [0.15, 0.2) is 5.82 Å². The van der Waals surface area contributed by atoms with Crippen LogP contribution in [0.2, 0.25) is 0 Å². The molecule has 0 unspecified atom stereocenters. The Balaban J connectivity index is 1.82. The van der Waals surface area contributed by atoms with Crippen LogP contribution in [0.15, 0.2) is 66.7 Å². The molecule has 2 heterocycles. The van der Waals surface area contributed by atoms with E-state index in [-0.39, 0.29) is 0 Å². The highest BCUT2D eigenvalue weighted by Crippen LogP contribution is 2.36. The summed E-state index contributed by atoms with van der Waals surface area (Å²) in [5.74, 6) is 0.668. The van der Waals surface area contributed by atoms with Crippen molar-refractivity contribution in [3.63, 3.8) is 0 Å². The fraction of sp³-hybridized carbons (Fsp3) is 0.273. The Morgan fingerprint density at radius 3 is 1.78 bits per heavy atom. The summed E-state index contributed by atoms with van der Waals surface area (Å²) in [6.07, 6.45) is 0. The van der Waals surface area contributed by atoms with Gasteiger partial charge in [-0.25, -0.2) is 9.97 Å². The van der Waals surface area contributed by atoms with Gasteiger partial charge < -0.3 is 9.31 Å². The zero-order chi connectivity index (χ0) is 19.1. The summed E-state index contributed by atoms with van der Waals surface area (Å²) in [7, 11) is -0.525. The van der Waals surface area contributed by atoms with Crippen molar-refractivity contribution in [3.05, 3.63) is 66.7 Å². The van der Waals surface area contributed by atoms with Gasteiger partial charge in [0.25, 0.3) is 0 Å². The van der Waals surface area contributed by atoms with Gasteiger partial charge >= 0.3 is 7.12 Å². The molecular formula is C22H23BN2O2. The molecule has 5 heteroatoms. The van der Waals surface area contributed by atoms with Crippen LogP contribution in [-0.4, -0.2) is 28.3 Å². The second-order valence-electron chi connectivity index (χ2n) is 7.82. The summed E-state index contributed by atoms with van der Waals surface area (Å²) in [5, 5.41) is 0. The maximum atomic E-state index is 6.22. The van der Waals surface area contributed by atoms with Crippen molar-refractivity contribution in [2.24, 2.45) is 0 Å². The van der Waals surface area contributed by atoms with Gasteiger partial charge in [-0.05, 0) is 33.8 Å². The minimum absolute atomic E-state index is 0.414. The number of rotatable bonds is 3. The minimum Gasteiger partial charge on any atom is -0.398 e. The lowest BCUT2D eigenvalue weighted by Crippen LogP contribution is -2.41. The van der Waals surface area contributed by atoms with Gasteiger partial charge in [-0.1, -0.05) is 60.7 Å². The molecule has 1 aliphatic rings. The highest BCUT2D eigenvalue weighted by Gasteiger charge is 2.52. The van der Waals surface area contributed by atoms with Crippen LogP contribution in [0.3, 0.4) is 0 Å². The molecule has 0 bridgehead atoms. The van der Waals surface area contributed by atoms with Crippen molar-refractivity contribution in [1.82, 2.24) is 9.97 Å². The van der Waals surface area contributed by atoms with Gasteiger partial charge in [-0.15, -0.1) is 0 Å². The fourth-order valence-electron chi connectivity index (χ4n) is 3.02. The first-order valence-corrected chi connectivity index (χ1v) is 9.21. The quantitative estimate of drug-likeness (QED) is 0.661. The van der Waals surface area contributed by atoms with Crippen LogP contribution in [0.4, 0.5) is 0 Å². The zero-order valence-corrected chi connectivity index (χ0v) is 16.1. The van der Waals surface area contributed by atoms with E-state index in [1.54, 1.807) is 0 Å². The molecule has 1 saturated heterocycles. The van der Waals surface area contributed by atoms with Crippen molar-refractivity contribution < 1.29 is 9.31 Å². The summed E-state index contributed by atoms with van der Waals surface area (Å²) in [6, 6.07) is 22.1. The molecule has 0 N–H and O–H groups in total. The first-order chi connectivity index (χ1) is 12.9. The van der Waals surface area contributed by atoms with Gasteiger partial charge in [0.2, 0.25) is 0 Å². The Labute approximate surface area is 160 Å². The van der Waals surface area contributed by atoms with Gasteiger partial charge in [-0.2, -0.15) is 0 Å². The summed E-state index contributed by atoms with van der Waals surface area (Å²) < 4.78 is 12.4. The normalized spacial score (nSPS) is 17.9. The molecule has 0 spiro atoms. The summed E-state index contributed by atoms with van der Waals surface area (Å²) in [5.41, 5.74) is 2.77. The molecule has 1 fully saturated rings. The molecule has 2 aromatic carbocycles. The van der Waals surface area contributed by atoms with Crippen LogP contribution in [-0.2, 0) is 9.31 Å². The summed E-state index contributed by atoms with van der Waals surface area (Å²) in [4.78, 5) is 9.58. The maximum absolute atomic E-state index is 6.22. The van der Waals surface area contributed by atoms with E-state index in [1.807, 2.05) is 94.4 Å². The number of hydrogen-bond acceptors (Lipinski definition) is 4. The Morgan fingerprint density at radius 2 is 1.22 bits per heavy atom. The molecule has 0 amide bonds. The average Bonchev–Trinajstić information content (AvgIpc) is 2.90. The summed E-state index contributed by atoms with van der Waals surface area (Å²) >= 11 is 0. The third kappa shape index (κ3) is 3.40. The lowest BCUT2D eigenvalue weighted by atomic mass is 9.83. The molecule has 0 radical (unpaired) electrons. The van der Waals surface area contributed by atoms with Gasteiger partial charge in [0.1, 0.15) is 0 Å². The van der Waals surface area contributed by atoms with E-state index in [9.17, 15) is 0 Å². The van der Waals surface area contributed by atoms with Crippen molar-refractivity contribution in [2.45, 2.75) is 38.9 Å². The van der Waals surface area contributed by atoms with Crippen LogP contribution in [0.25, 0.3) is 22.6 Å². The molecule has 27 heavy (non-hydrogen) atoms. The van der Waals surface area contributed by atoms with Crippen molar-refractivity contribution >= 4 is 12.7 Å². The zero-order valence-electron chi connectivity index (χ0n) is 16.1. The third-order valence-electron chi connectivity index (χ3n) is 5.34. The highest BCUT2D eigenvalue weighted by molar-refractivity contribution is 6.61. The molecular weight excluding hydrogens is 335 g/mol. The van der Waals surface area contributed by atoms with Crippen molar-refractivity contribution in [3.8, 4) is 22.6 Å². The van der Waals surface area contributed by atoms with E-state index in [0.717, 1.165) is 22.4 Å². The molecule has 0 aliphatic carbocycles. The first kappa shape index (κ1) is 17.9. The minimum atomic E-state index is -0.525. The molecule has 0 saturated carbocycles. The number of nitrogens with zero attached hydrogens (tertiary/aromatic N) is 2. The molecule has 3 aromatic rings. The third-order valence-corrected chi connectivity index (χ3v) is 5.34. The molecule has 0 atom stereocenters.